The van der Waals surface area contributed by atoms with Gasteiger partial charge in [0, 0.05) is 6.61 Å². The van der Waals surface area contributed by atoms with E-state index in [9.17, 15) is 0 Å². The summed E-state index contributed by atoms with van der Waals surface area (Å²) in [7, 11) is 0. The fourth-order valence-electron chi connectivity index (χ4n) is 2.90. The van der Waals surface area contributed by atoms with E-state index in [1.165, 1.54) is 27.8 Å². The molecule has 0 unspecified atom stereocenters. The van der Waals surface area contributed by atoms with Gasteiger partial charge in [-0.05, 0) is 47.1 Å². The van der Waals surface area contributed by atoms with E-state index in [0.29, 0.717) is 12.5 Å². The van der Waals surface area contributed by atoms with Crippen molar-refractivity contribution in [2.24, 2.45) is 0 Å². The Kier molecular flexibility index (Phi) is 5.58. The molecule has 0 N–H and O–H groups in total. The SMILES string of the molecule is CCOCc1cccc(-c2ccccc2C(C)C)c1CC. The standard InChI is InChI=1S/C20H26O/c1-5-17-16(14-21-6-2)10-9-13-19(17)20-12-8-7-11-18(20)15(3)4/h7-13,15H,5-6,14H2,1-4H3. The van der Waals surface area contributed by atoms with E-state index < -0.39 is 0 Å². The van der Waals surface area contributed by atoms with Gasteiger partial charge in [0.15, 0.2) is 0 Å². The Morgan fingerprint density at radius 1 is 0.905 bits per heavy atom. The maximum atomic E-state index is 5.63. The molecule has 1 heteroatoms. The van der Waals surface area contributed by atoms with E-state index in [-0.39, 0.29) is 0 Å². The van der Waals surface area contributed by atoms with Gasteiger partial charge in [-0.3, -0.25) is 0 Å². The van der Waals surface area contributed by atoms with E-state index >= 15 is 0 Å². The predicted molar refractivity (Wildman–Crippen MR) is 90.7 cm³/mol. The molecular formula is C20H26O. The molecule has 0 spiro atoms. The van der Waals surface area contributed by atoms with Gasteiger partial charge in [0.2, 0.25) is 0 Å². The molecule has 112 valence electrons. The van der Waals surface area contributed by atoms with Crippen molar-refractivity contribution in [3.05, 3.63) is 59.2 Å². The largest absolute Gasteiger partial charge is 0.377 e. The first-order valence-electron chi connectivity index (χ1n) is 7.96. The van der Waals surface area contributed by atoms with Crippen LogP contribution in [-0.4, -0.2) is 6.61 Å². The van der Waals surface area contributed by atoms with Crippen LogP contribution in [0.3, 0.4) is 0 Å². The molecule has 0 saturated heterocycles. The normalized spacial score (nSPS) is 11.1. The van der Waals surface area contributed by atoms with Gasteiger partial charge < -0.3 is 4.74 Å². The van der Waals surface area contributed by atoms with Gasteiger partial charge >= 0.3 is 0 Å². The second kappa shape index (κ2) is 7.42. The maximum Gasteiger partial charge on any atom is 0.0719 e. The fourth-order valence-corrected chi connectivity index (χ4v) is 2.90. The lowest BCUT2D eigenvalue weighted by molar-refractivity contribution is 0.133. The van der Waals surface area contributed by atoms with E-state index in [2.05, 4.69) is 63.2 Å². The molecule has 0 atom stereocenters. The molecule has 0 fully saturated rings. The Labute approximate surface area is 129 Å². The quantitative estimate of drug-likeness (QED) is 0.672. The van der Waals surface area contributed by atoms with Gasteiger partial charge in [-0.2, -0.15) is 0 Å². The van der Waals surface area contributed by atoms with Crippen molar-refractivity contribution >= 4 is 0 Å². The van der Waals surface area contributed by atoms with Crippen molar-refractivity contribution in [2.45, 2.75) is 46.6 Å². The Morgan fingerprint density at radius 2 is 1.62 bits per heavy atom. The molecule has 0 saturated carbocycles. The highest BCUT2D eigenvalue weighted by Crippen LogP contribution is 2.33. The Bertz CT molecular complexity index is 584. The lowest BCUT2D eigenvalue weighted by atomic mass is 9.88. The molecule has 0 aliphatic rings. The third-order valence-corrected chi connectivity index (χ3v) is 3.96. The van der Waals surface area contributed by atoms with E-state index in [1.54, 1.807) is 0 Å². The third-order valence-electron chi connectivity index (χ3n) is 3.96. The Balaban J connectivity index is 2.54. The Hall–Kier alpha value is -1.60. The lowest BCUT2D eigenvalue weighted by Gasteiger charge is -2.18. The second-order valence-corrected chi connectivity index (χ2v) is 5.68. The summed E-state index contributed by atoms with van der Waals surface area (Å²) in [5.41, 5.74) is 6.87. The first kappa shape index (κ1) is 15.8. The zero-order valence-electron chi connectivity index (χ0n) is 13.6. The van der Waals surface area contributed by atoms with Crippen molar-refractivity contribution in [2.75, 3.05) is 6.61 Å². The summed E-state index contributed by atoms with van der Waals surface area (Å²) in [4.78, 5) is 0. The molecule has 0 aliphatic heterocycles. The number of hydrogen-bond acceptors (Lipinski definition) is 1. The van der Waals surface area contributed by atoms with Crippen LogP contribution in [0.5, 0.6) is 0 Å². The van der Waals surface area contributed by atoms with E-state index in [1.807, 2.05) is 6.92 Å². The highest BCUT2D eigenvalue weighted by Gasteiger charge is 2.13. The summed E-state index contributed by atoms with van der Waals surface area (Å²) in [6.45, 7) is 10.3. The molecule has 1 nitrogen and oxygen atoms in total. The Morgan fingerprint density at radius 3 is 2.29 bits per heavy atom. The van der Waals surface area contributed by atoms with Crippen LogP contribution in [0.15, 0.2) is 42.5 Å². The van der Waals surface area contributed by atoms with Gasteiger partial charge in [-0.15, -0.1) is 0 Å². The van der Waals surface area contributed by atoms with Crippen LogP contribution in [0.4, 0.5) is 0 Å². The van der Waals surface area contributed by atoms with Crippen LogP contribution < -0.4 is 0 Å². The molecule has 0 aliphatic carbocycles. The topological polar surface area (TPSA) is 9.23 Å². The van der Waals surface area contributed by atoms with Crippen molar-refractivity contribution < 1.29 is 4.74 Å². The third kappa shape index (κ3) is 3.54. The summed E-state index contributed by atoms with van der Waals surface area (Å²) in [5.74, 6) is 0.529. The van der Waals surface area contributed by atoms with Crippen LogP contribution in [0.25, 0.3) is 11.1 Å². The van der Waals surface area contributed by atoms with Gasteiger partial charge in [-0.1, -0.05) is 63.2 Å². The minimum Gasteiger partial charge on any atom is -0.377 e. The van der Waals surface area contributed by atoms with Crippen LogP contribution in [-0.2, 0) is 17.8 Å². The van der Waals surface area contributed by atoms with Crippen LogP contribution in [0.2, 0.25) is 0 Å². The van der Waals surface area contributed by atoms with Gasteiger partial charge in [-0.25, -0.2) is 0 Å². The zero-order chi connectivity index (χ0) is 15.2. The molecule has 21 heavy (non-hydrogen) atoms. The van der Waals surface area contributed by atoms with Gasteiger partial charge in [0.1, 0.15) is 0 Å². The number of hydrogen-bond donors (Lipinski definition) is 0. The average molecular weight is 282 g/mol. The molecular weight excluding hydrogens is 256 g/mol. The minimum absolute atomic E-state index is 0.529. The van der Waals surface area contributed by atoms with E-state index in [4.69, 9.17) is 4.74 Å². The average Bonchev–Trinajstić information content (AvgIpc) is 2.52. The fraction of sp³-hybridized carbons (Fsp3) is 0.400. The van der Waals surface area contributed by atoms with Gasteiger partial charge in [0.25, 0.3) is 0 Å². The summed E-state index contributed by atoms with van der Waals surface area (Å²) >= 11 is 0. The summed E-state index contributed by atoms with van der Waals surface area (Å²) < 4.78 is 5.63. The van der Waals surface area contributed by atoms with Crippen molar-refractivity contribution in [3.8, 4) is 11.1 Å². The number of benzene rings is 2. The second-order valence-electron chi connectivity index (χ2n) is 5.68. The number of rotatable bonds is 6. The molecule has 0 aromatic heterocycles. The van der Waals surface area contributed by atoms with Gasteiger partial charge in [0.05, 0.1) is 6.61 Å². The van der Waals surface area contributed by atoms with E-state index in [0.717, 1.165) is 13.0 Å². The van der Waals surface area contributed by atoms with Crippen LogP contribution >= 0.6 is 0 Å². The monoisotopic (exact) mass is 282 g/mol. The summed E-state index contributed by atoms with van der Waals surface area (Å²) in [6, 6.07) is 15.3. The minimum atomic E-state index is 0.529. The maximum absolute atomic E-state index is 5.63. The van der Waals surface area contributed by atoms with Crippen LogP contribution in [0.1, 0.15) is 50.3 Å². The molecule has 0 bridgehead atoms. The molecule has 0 amide bonds. The summed E-state index contributed by atoms with van der Waals surface area (Å²) in [6.07, 6.45) is 1.03. The molecule has 0 heterocycles. The number of ether oxygens (including phenoxy) is 1. The zero-order valence-corrected chi connectivity index (χ0v) is 13.6. The molecule has 2 aromatic carbocycles. The first-order chi connectivity index (χ1) is 10.2. The predicted octanol–water partition coefficient (Wildman–Crippen LogP) is 5.58. The van der Waals surface area contributed by atoms with Crippen molar-refractivity contribution in [1.82, 2.24) is 0 Å². The molecule has 2 rings (SSSR count). The smallest absolute Gasteiger partial charge is 0.0719 e. The molecule has 2 aromatic rings. The van der Waals surface area contributed by atoms with Crippen molar-refractivity contribution in [1.29, 1.82) is 0 Å². The highest BCUT2D eigenvalue weighted by molar-refractivity contribution is 5.72. The summed E-state index contributed by atoms with van der Waals surface area (Å²) in [5, 5.41) is 0. The lowest BCUT2D eigenvalue weighted by Crippen LogP contribution is -2.01. The van der Waals surface area contributed by atoms with Crippen molar-refractivity contribution in [3.63, 3.8) is 0 Å². The first-order valence-corrected chi connectivity index (χ1v) is 7.96. The molecule has 0 radical (unpaired) electrons. The van der Waals surface area contributed by atoms with Crippen LogP contribution in [0, 0.1) is 0 Å². The highest BCUT2D eigenvalue weighted by atomic mass is 16.5.